The van der Waals surface area contributed by atoms with Crippen LogP contribution in [-0.2, 0) is 4.79 Å². The summed E-state index contributed by atoms with van der Waals surface area (Å²) in [5, 5.41) is 5.61. The third-order valence-corrected chi connectivity index (χ3v) is 9.39. The Balaban J connectivity index is 1.07. The molecule has 7 rings (SSSR count). The standard InChI is InChI=1S/C33H32N6O2S/c1-23-9-8-14-26(19-23)39-31-28(21-34-39)32(41)38-27(22-42-33(38)35-31)20-29(40)36-15-17-37(18-16-36)30(24-10-4-2-5-11-24)25-12-6-3-7-13-25/h2-14,19,21,27,30H,15-18,20,22H2,1H3. The van der Waals surface area contributed by atoms with Crippen molar-refractivity contribution in [2.75, 3.05) is 31.9 Å². The van der Waals surface area contributed by atoms with Crippen molar-refractivity contribution in [3.05, 3.63) is 118 Å². The van der Waals surface area contributed by atoms with Gasteiger partial charge in [-0.25, -0.2) is 9.67 Å². The Morgan fingerprint density at radius 2 is 1.62 bits per heavy atom. The van der Waals surface area contributed by atoms with E-state index in [9.17, 15) is 9.59 Å². The third kappa shape index (κ3) is 4.92. The number of hydrogen-bond acceptors (Lipinski definition) is 6. The van der Waals surface area contributed by atoms with E-state index in [4.69, 9.17) is 4.98 Å². The Bertz CT molecular complexity index is 1750. The van der Waals surface area contributed by atoms with Crippen LogP contribution >= 0.6 is 11.8 Å². The number of amides is 1. The highest BCUT2D eigenvalue weighted by Gasteiger charge is 2.33. The number of nitrogens with zero attached hydrogens (tertiary/aromatic N) is 6. The SMILES string of the molecule is Cc1cccc(-n2ncc3c(=O)n4c(nc32)SCC4CC(=O)N2CCN(C(c3ccccc3)c3ccccc3)CC2)c1. The van der Waals surface area contributed by atoms with Gasteiger partial charge in [-0.1, -0.05) is 84.6 Å². The van der Waals surface area contributed by atoms with Crippen LogP contribution in [0.15, 0.2) is 101 Å². The van der Waals surface area contributed by atoms with E-state index in [1.165, 1.54) is 22.9 Å². The maximum absolute atomic E-state index is 13.6. The molecule has 3 aromatic carbocycles. The zero-order valence-corrected chi connectivity index (χ0v) is 24.3. The molecule has 2 aliphatic heterocycles. The van der Waals surface area contributed by atoms with Gasteiger partial charge in [-0.05, 0) is 35.7 Å². The number of fused-ring (bicyclic) bond motifs is 2. The summed E-state index contributed by atoms with van der Waals surface area (Å²) in [6, 6.07) is 29.0. The maximum atomic E-state index is 13.6. The van der Waals surface area contributed by atoms with Crippen LogP contribution in [0, 0.1) is 6.92 Å². The Kier molecular flexibility index (Phi) is 7.13. The minimum absolute atomic E-state index is 0.0894. The molecule has 212 valence electrons. The molecule has 5 aromatic rings. The Hall–Kier alpha value is -4.21. The topological polar surface area (TPSA) is 76.3 Å². The molecule has 0 saturated carbocycles. The second kappa shape index (κ2) is 11.2. The lowest BCUT2D eigenvalue weighted by Crippen LogP contribution is -2.50. The van der Waals surface area contributed by atoms with Crippen LogP contribution in [0.1, 0.15) is 35.2 Å². The summed E-state index contributed by atoms with van der Waals surface area (Å²) in [4.78, 5) is 36.4. The highest BCUT2D eigenvalue weighted by atomic mass is 32.2. The highest BCUT2D eigenvalue weighted by Crippen LogP contribution is 2.34. The lowest BCUT2D eigenvalue weighted by molar-refractivity contribution is -0.133. The molecule has 1 fully saturated rings. The van der Waals surface area contributed by atoms with Crippen molar-refractivity contribution in [2.24, 2.45) is 0 Å². The first-order valence-electron chi connectivity index (χ1n) is 14.4. The lowest BCUT2D eigenvalue weighted by Gasteiger charge is -2.40. The lowest BCUT2D eigenvalue weighted by atomic mass is 9.96. The molecular formula is C33H32N6O2S. The van der Waals surface area contributed by atoms with Gasteiger partial charge in [0.05, 0.1) is 24.0 Å². The molecule has 2 aromatic heterocycles. The van der Waals surface area contributed by atoms with Crippen LogP contribution in [0.25, 0.3) is 16.7 Å². The molecule has 2 aliphatic rings. The van der Waals surface area contributed by atoms with E-state index in [-0.39, 0.29) is 23.6 Å². The highest BCUT2D eigenvalue weighted by molar-refractivity contribution is 7.99. The summed E-state index contributed by atoms with van der Waals surface area (Å²) in [6.07, 6.45) is 1.89. The van der Waals surface area contributed by atoms with Gasteiger partial charge in [0.25, 0.3) is 5.56 Å². The molecule has 0 bridgehead atoms. The number of hydrogen-bond donors (Lipinski definition) is 0. The van der Waals surface area contributed by atoms with Crippen LogP contribution in [0.4, 0.5) is 0 Å². The largest absolute Gasteiger partial charge is 0.340 e. The van der Waals surface area contributed by atoms with Gasteiger partial charge in [-0.2, -0.15) is 5.10 Å². The van der Waals surface area contributed by atoms with Gasteiger partial charge in [0.2, 0.25) is 5.91 Å². The molecular weight excluding hydrogens is 544 g/mol. The monoisotopic (exact) mass is 576 g/mol. The number of thioether (sulfide) groups is 1. The quantitative estimate of drug-likeness (QED) is 0.269. The molecule has 8 nitrogen and oxygen atoms in total. The Labute approximate surface area is 248 Å². The second-order valence-electron chi connectivity index (χ2n) is 11.0. The van der Waals surface area contributed by atoms with Gasteiger partial charge < -0.3 is 4.90 Å². The van der Waals surface area contributed by atoms with E-state index in [2.05, 4.69) is 58.5 Å². The zero-order valence-electron chi connectivity index (χ0n) is 23.5. The predicted octanol–water partition coefficient (Wildman–Crippen LogP) is 4.86. The molecule has 42 heavy (non-hydrogen) atoms. The fourth-order valence-electron chi connectivity index (χ4n) is 6.17. The molecule has 1 amide bonds. The van der Waals surface area contributed by atoms with E-state index < -0.39 is 0 Å². The first-order valence-corrected chi connectivity index (χ1v) is 15.4. The molecule has 1 saturated heterocycles. The number of carbonyl (C=O) groups excluding carboxylic acids is 1. The van der Waals surface area contributed by atoms with Gasteiger partial charge in [0.15, 0.2) is 10.8 Å². The fourth-order valence-corrected chi connectivity index (χ4v) is 7.30. The zero-order chi connectivity index (χ0) is 28.6. The van der Waals surface area contributed by atoms with Crippen molar-refractivity contribution in [3.8, 4) is 5.69 Å². The number of benzene rings is 3. The molecule has 0 N–H and O–H groups in total. The summed E-state index contributed by atoms with van der Waals surface area (Å²) >= 11 is 1.54. The van der Waals surface area contributed by atoms with Crippen LogP contribution in [0.2, 0.25) is 0 Å². The average molecular weight is 577 g/mol. The number of aromatic nitrogens is 4. The van der Waals surface area contributed by atoms with Crippen molar-refractivity contribution < 1.29 is 4.79 Å². The molecule has 0 aliphatic carbocycles. The number of rotatable bonds is 6. The van der Waals surface area contributed by atoms with E-state index in [0.717, 1.165) is 24.3 Å². The Morgan fingerprint density at radius 1 is 0.929 bits per heavy atom. The first kappa shape index (κ1) is 26.7. The van der Waals surface area contributed by atoms with Crippen LogP contribution in [0.3, 0.4) is 0 Å². The molecule has 1 atom stereocenters. The summed E-state index contributed by atoms with van der Waals surface area (Å²) in [6.45, 7) is 4.93. The second-order valence-corrected chi connectivity index (χ2v) is 12.0. The molecule has 4 heterocycles. The van der Waals surface area contributed by atoms with Crippen molar-refractivity contribution in [3.63, 3.8) is 0 Å². The number of piperazine rings is 1. The van der Waals surface area contributed by atoms with E-state index >= 15 is 0 Å². The van der Waals surface area contributed by atoms with Gasteiger partial charge >= 0.3 is 0 Å². The summed E-state index contributed by atoms with van der Waals surface area (Å²) in [7, 11) is 0. The average Bonchev–Trinajstić information content (AvgIpc) is 3.64. The van der Waals surface area contributed by atoms with Crippen molar-refractivity contribution in [1.29, 1.82) is 0 Å². The summed E-state index contributed by atoms with van der Waals surface area (Å²) < 4.78 is 3.44. The Morgan fingerprint density at radius 3 is 2.29 bits per heavy atom. The maximum Gasteiger partial charge on any atom is 0.265 e. The van der Waals surface area contributed by atoms with Crippen molar-refractivity contribution in [2.45, 2.75) is 30.6 Å². The van der Waals surface area contributed by atoms with Crippen LogP contribution < -0.4 is 5.56 Å². The number of aryl methyl sites for hydroxylation is 1. The minimum atomic E-state index is -0.219. The van der Waals surface area contributed by atoms with Gasteiger partial charge in [-0.15, -0.1) is 0 Å². The van der Waals surface area contributed by atoms with E-state index in [1.807, 2.05) is 48.2 Å². The molecule has 1 unspecified atom stereocenters. The summed E-state index contributed by atoms with van der Waals surface area (Å²) in [5.41, 5.74) is 4.92. The summed E-state index contributed by atoms with van der Waals surface area (Å²) in [5.74, 6) is 0.745. The van der Waals surface area contributed by atoms with Crippen LogP contribution in [-0.4, -0.2) is 67.0 Å². The van der Waals surface area contributed by atoms with E-state index in [0.29, 0.717) is 41.5 Å². The first-order chi connectivity index (χ1) is 20.6. The van der Waals surface area contributed by atoms with Crippen LogP contribution in [0.5, 0.6) is 0 Å². The smallest absolute Gasteiger partial charge is 0.265 e. The van der Waals surface area contributed by atoms with E-state index in [1.54, 1.807) is 15.4 Å². The fraction of sp³-hybridized carbons (Fsp3) is 0.273. The molecule has 0 spiro atoms. The van der Waals surface area contributed by atoms with Gasteiger partial charge in [-0.3, -0.25) is 19.1 Å². The van der Waals surface area contributed by atoms with Gasteiger partial charge in [0.1, 0.15) is 5.39 Å². The van der Waals surface area contributed by atoms with Crippen molar-refractivity contribution in [1.82, 2.24) is 29.1 Å². The van der Waals surface area contributed by atoms with Gasteiger partial charge in [0, 0.05) is 38.4 Å². The molecule has 0 radical (unpaired) electrons. The van der Waals surface area contributed by atoms with Crippen molar-refractivity contribution >= 4 is 28.7 Å². The normalized spacial score (nSPS) is 17.2. The minimum Gasteiger partial charge on any atom is -0.340 e. The predicted molar refractivity (Wildman–Crippen MR) is 165 cm³/mol. The molecule has 9 heteroatoms. The third-order valence-electron chi connectivity index (χ3n) is 8.29. The number of carbonyl (C=O) groups is 1.